The predicted octanol–water partition coefficient (Wildman–Crippen LogP) is 1.19. The standard InChI is InChI=1S/C16H18N6O2S/c1-11(23)17-8-13-9-21(5-6-24-13)15-3-2-14-18-19-16(22(14)20-15)12-4-7-25-10-12/h2-4,7,10,13H,5-6,8-9H2,1H3,(H,17,23). The smallest absolute Gasteiger partial charge is 0.216 e. The minimum atomic E-state index is -0.0508. The molecule has 25 heavy (non-hydrogen) atoms. The third kappa shape index (κ3) is 3.33. The monoisotopic (exact) mass is 358 g/mol. The highest BCUT2D eigenvalue weighted by molar-refractivity contribution is 7.08. The van der Waals surface area contributed by atoms with Crippen LogP contribution in [0.3, 0.4) is 0 Å². The molecule has 0 aliphatic carbocycles. The lowest BCUT2D eigenvalue weighted by atomic mass is 10.2. The highest BCUT2D eigenvalue weighted by atomic mass is 32.1. The molecule has 1 fully saturated rings. The maximum absolute atomic E-state index is 11.1. The van der Waals surface area contributed by atoms with Crippen LogP contribution in [0.15, 0.2) is 29.0 Å². The fourth-order valence-corrected chi connectivity index (χ4v) is 3.46. The Bertz CT molecular complexity index is 878. The van der Waals surface area contributed by atoms with Crippen molar-refractivity contribution < 1.29 is 9.53 Å². The Hall–Kier alpha value is -2.52. The van der Waals surface area contributed by atoms with Crippen molar-refractivity contribution in [3.63, 3.8) is 0 Å². The molecule has 3 aromatic rings. The summed E-state index contributed by atoms with van der Waals surface area (Å²) in [5, 5.41) is 20.0. The number of morpholine rings is 1. The molecule has 3 aromatic heterocycles. The molecule has 0 radical (unpaired) electrons. The molecule has 1 N–H and O–H groups in total. The second-order valence-electron chi connectivity index (χ2n) is 5.87. The van der Waals surface area contributed by atoms with Gasteiger partial charge in [-0.1, -0.05) is 0 Å². The van der Waals surface area contributed by atoms with E-state index >= 15 is 0 Å². The zero-order valence-corrected chi connectivity index (χ0v) is 14.6. The Morgan fingerprint density at radius 2 is 2.32 bits per heavy atom. The van der Waals surface area contributed by atoms with E-state index in [1.54, 1.807) is 15.9 Å². The average Bonchev–Trinajstić information content (AvgIpc) is 3.28. The average molecular weight is 358 g/mol. The Kier molecular flexibility index (Phi) is 4.33. The molecule has 0 aromatic carbocycles. The number of rotatable bonds is 4. The van der Waals surface area contributed by atoms with Crippen LogP contribution in [-0.2, 0) is 9.53 Å². The van der Waals surface area contributed by atoms with Crippen molar-refractivity contribution in [1.82, 2.24) is 25.1 Å². The first-order chi connectivity index (χ1) is 12.2. The number of thiophene rings is 1. The van der Waals surface area contributed by atoms with Crippen LogP contribution in [0.4, 0.5) is 5.82 Å². The van der Waals surface area contributed by atoms with Crippen molar-refractivity contribution in [2.75, 3.05) is 31.1 Å². The van der Waals surface area contributed by atoms with Crippen LogP contribution in [0.25, 0.3) is 17.0 Å². The largest absolute Gasteiger partial charge is 0.373 e. The lowest BCUT2D eigenvalue weighted by molar-refractivity contribution is -0.119. The highest BCUT2D eigenvalue weighted by Crippen LogP contribution is 2.22. The predicted molar refractivity (Wildman–Crippen MR) is 94.7 cm³/mol. The van der Waals surface area contributed by atoms with E-state index in [0.717, 1.165) is 23.8 Å². The highest BCUT2D eigenvalue weighted by Gasteiger charge is 2.22. The van der Waals surface area contributed by atoms with Gasteiger partial charge in [0.25, 0.3) is 0 Å². The maximum Gasteiger partial charge on any atom is 0.216 e. The van der Waals surface area contributed by atoms with Gasteiger partial charge in [0.15, 0.2) is 11.5 Å². The molecule has 0 saturated carbocycles. The molecule has 9 heteroatoms. The third-order valence-corrected chi connectivity index (χ3v) is 4.75. The van der Waals surface area contributed by atoms with Crippen molar-refractivity contribution in [1.29, 1.82) is 0 Å². The van der Waals surface area contributed by atoms with Gasteiger partial charge in [0.1, 0.15) is 5.82 Å². The van der Waals surface area contributed by atoms with E-state index in [2.05, 4.69) is 20.4 Å². The number of ether oxygens (including phenoxy) is 1. The van der Waals surface area contributed by atoms with E-state index in [1.165, 1.54) is 6.92 Å². The molecule has 1 aliphatic heterocycles. The van der Waals surface area contributed by atoms with Crippen LogP contribution in [-0.4, -0.2) is 58.1 Å². The second-order valence-corrected chi connectivity index (χ2v) is 6.65. The normalized spacial score (nSPS) is 17.8. The quantitative estimate of drug-likeness (QED) is 0.754. The van der Waals surface area contributed by atoms with Crippen molar-refractivity contribution in [3.05, 3.63) is 29.0 Å². The molecule has 1 unspecified atom stereocenters. The summed E-state index contributed by atoms with van der Waals surface area (Å²) in [6.07, 6.45) is -0.0487. The van der Waals surface area contributed by atoms with Crippen molar-refractivity contribution >= 4 is 28.7 Å². The summed E-state index contributed by atoms with van der Waals surface area (Å²) >= 11 is 1.62. The molecule has 1 atom stereocenters. The van der Waals surface area contributed by atoms with Gasteiger partial charge in [0.05, 0.1) is 12.7 Å². The number of hydrogen-bond donors (Lipinski definition) is 1. The van der Waals surface area contributed by atoms with Gasteiger partial charge in [-0.25, -0.2) is 0 Å². The van der Waals surface area contributed by atoms with Crippen LogP contribution < -0.4 is 10.2 Å². The molecule has 130 valence electrons. The summed E-state index contributed by atoms with van der Waals surface area (Å²) in [5.41, 5.74) is 1.72. The van der Waals surface area contributed by atoms with Crippen LogP contribution in [0.2, 0.25) is 0 Å². The minimum Gasteiger partial charge on any atom is -0.373 e. The van der Waals surface area contributed by atoms with E-state index in [1.807, 2.05) is 29.0 Å². The molecule has 4 rings (SSSR count). The maximum atomic E-state index is 11.1. The minimum absolute atomic E-state index is 0.0487. The summed E-state index contributed by atoms with van der Waals surface area (Å²) in [7, 11) is 0. The first-order valence-electron chi connectivity index (χ1n) is 8.07. The van der Waals surface area contributed by atoms with Gasteiger partial charge in [-0.05, 0) is 23.6 Å². The van der Waals surface area contributed by atoms with Gasteiger partial charge in [-0.2, -0.15) is 15.9 Å². The Labute approximate surface area is 148 Å². The van der Waals surface area contributed by atoms with Gasteiger partial charge in [0, 0.05) is 37.5 Å². The van der Waals surface area contributed by atoms with Gasteiger partial charge in [-0.15, -0.1) is 15.3 Å². The topological polar surface area (TPSA) is 84.7 Å². The first-order valence-corrected chi connectivity index (χ1v) is 9.01. The van der Waals surface area contributed by atoms with Crippen molar-refractivity contribution in [2.45, 2.75) is 13.0 Å². The van der Waals surface area contributed by atoms with Crippen LogP contribution in [0, 0.1) is 0 Å². The molecule has 0 bridgehead atoms. The lowest BCUT2D eigenvalue weighted by Crippen LogP contribution is -2.47. The molecule has 1 aliphatic rings. The molecule has 1 amide bonds. The van der Waals surface area contributed by atoms with E-state index in [0.29, 0.717) is 25.3 Å². The van der Waals surface area contributed by atoms with Crippen LogP contribution in [0.5, 0.6) is 0 Å². The first kappa shape index (κ1) is 16.0. The molecular weight excluding hydrogens is 340 g/mol. The summed E-state index contributed by atoms with van der Waals surface area (Å²) in [4.78, 5) is 13.3. The van der Waals surface area contributed by atoms with Gasteiger partial charge in [-0.3, -0.25) is 4.79 Å². The second kappa shape index (κ2) is 6.77. The number of nitrogens with one attached hydrogen (secondary N) is 1. The summed E-state index contributed by atoms with van der Waals surface area (Å²) in [6, 6.07) is 5.87. The fourth-order valence-electron chi connectivity index (χ4n) is 2.83. The van der Waals surface area contributed by atoms with Crippen molar-refractivity contribution in [3.8, 4) is 11.4 Å². The zero-order chi connectivity index (χ0) is 17.2. The molecule has 0 spiro atoms. The van der Waals surface area contributed by atoms with E-state index in [9.17, 15) is 4.79 Å². The number of nitrogens with zero attached hydrogens (tertiary/aromatic N) is 5. The molecule has 8 nitrogen and oxygen atoms in total. The van der Waals surface area contributed by atoms with Gasteiger partial charge in [0.2, 0.25) is 5.91 Å². The third-order valence-electron chi connectivity index (χ3n) is 4.07. The number of carbonyl (C=O) groups excluding carboxylic acids is 1. The van der Waals surface area contributed by atoms with Gasteiger partial charge < -0.3 is 15.0 Å². The number of aromatic nitrogens is 4. The fraction of sp³-hybridized carbons (Fsp3) is 0.375. The van der Waals surface area contributed by atoms with E-state index in [-0.39, 0.29) is 12.0 Å². The van der Waals surface area contributed by atoms with Crippen molar-refractivity contribution in [2.24, 2.45) is 0 Å². The zero-order valence-electron chi connectivity index (χ0n) is 13.8. The SMILES string of the molecule is CC(=O)NCC1CN(c2ccc3nnc(-c4ccsc4)n3n2)CCO1. The Morgan fingerprint density at radius 3 is 3.12 bits per heavy atom. The van der Waals surface area contributed by atoms with Crippen LogP contribution >= 0.6 is 11.3 Å². The van der Waals surface area contributed by atoms with Gasteiger partial charge >= 0.3 is 0 Å². The lowest BCUT2D eigenvalue weighted by Gasteiger charge is -2.33. The van der Waals surface area contributed by atoms with E-state index in [4.69, 9.17) is 9.84 Å². The number of anilines is 1. The molecule has 4 heterocycles. The number of carbonyl (C=O) groups is 1. The summed E-state index contributed by atoms with van der Waals surface area (Å²) < 4.78 is 7.49. The molecular formula is C16H18N6O2S. The van der Waals surface area contributed by atoms with Crippen LogP contribution in [0.1, 0.15) is 6.92 Å². The van der Waals surface area contributed by atoms with E-state index < -0.39 is 0 Å². The number of amides is 1. The Morgan fingerprint density at radius 1 is 1.40 bits per heavy atom. The number of fused-ring (bicyclic) bond motifs is 1. The number of hydrogen-bond acceptors (Lipinski definition) is 7. The summed E-state index contributed by atoms with van der Waals surface area (Å²) in [5.74, 6) is 1.53. The summed E-state index contributed by atoms with van der Waals surface area (Å²) in [6.45, 7) is 4.04. The Balaban J connectivity index is 1.58. The molecule has 1 saturated heterocycles.